The first-order valence-electron chi connectivity index (χ1n) is 14.1. The van der Waals surface area contributed by atoms with Crippen LogP contribution in [-0.2, 0) is 4.74 Å². The number of nitrogens with one attached hydrogen (secondary N) is 3. The maximum atomic E-state index is 13.5. The van der Waals surface area contributed by atoms with E-state index in [9.17, 15) is 18.8 Å². The fourth-order valence-electron chi connectivity index (χ4n) is 4.85. The third-order valence-electron chi connectivity index (χ3n) is 7.20. The zero-order chi connectivity index (χ0) is 31.4. The van der Waals surface area contributed by atoms with E-state index in [0.717, 1.165) is 35.5 Å². The summed E-state index contributed by atoms with van der Waals surface area (Å²) in [6.45, 7) is 8.09. The van der Waals surface area contributed by atoms with E-state index < -0.39 is 23.0 Å². The molecule has 2 aromatic carbocycles. The second-order valence-corrected chi connectivity index (χ2v) is 10.5. The van der Waals surface area contributed by atoms with Crippen LogP contribution in [0.4, 0.5) is 10.1 Å². The highest BCUT2D eigenvalue weighted by atomic mass is 19.1. The second kappa shape index (κ2) is 13.0. The Morgan fingerprint density at radius 1 is 1.14 bits per heavy atom. The first-order valence-corrected chi connectivity index (χ1v) is 14.1. The Bertz CT molecular complexity index is 1800. The van der Waals surface area contributed by atoms with Crippen molar-refractivity contribution in [2.24, 2.45) is 0 Å². The van der Waals surface area contributed by atoms with Gasteiger partial charge in [-0.1, -0.05) is 0 Å². The number of nitrogens with zero attached hydrogens (tertiary/aromatic N) is 3. The molecule has 2 aliphatic heterocycles. The summed E-state index contributed by atoms with van der Waals surface area (Å²) >= 11 is 0. The fraction of sp³-hybridized carbons (Fsp3) is 0.250. The van der Waals surface area contributed by atoms with Crippen molar-refractivity contribution in [3.63, 3.8) is 0 Å². The number of dihydropyridines is 1. The van der Waals surface area contributed by atoms with Crippen molar-refractivity contribution in [3.8, 4) is 11.4 Å². The van der Waals surface area contributed by atoms with Gasteiger partial charge in [0.2, 0.25) is 0 Å². The van der Waals surface area contributed by atoms with E-state index in [1.807, 2.05) is 19.2 Å². The van der Waals surface area contributed by atoms with E-state index in [4.69, 9.17) is 14.9 Å². The predicted octanol–water partition coefficient (Wildman–Crippen LogP) is 3.85. The Morgan fingerprint density at radius 3 is 2.52 bits per heavy atom. The van der Waals surface area contributed by atoms with Crippen LogP contribution < -0.4 is 26.6 Å². The molecule has 1 aromatic heterocycles. The summed E-state index contributed by atoms with van der Waals surface area (Å²) in [5.74, 6) is -0.171. The van der Waals surface area contributed by atoms with Crippen LogP contribution in [0.1, 0.15) is 35.8 Å². The zero-order valence-corrected chi connectivity index (χ0v) is 24.6. The first kappa shape index (κ1) is 30.2. The normalized spacial score (nSPS) is 15.8. The van der Waals surface area contributed by atoms with Crippen molar-refractivity contribution in [3.05, 3.63) is 122 Å². The molecule has 0 atom stereocenters. The number of aromatic nitrogens is 2. The number of allylic oxidation sites excluding steroid dienone is 2. The van der Waals surface area contributed by atoms with Crippen molar-refractivity contribution in [2.75, 3.05) is 31.6 Å². The fourth-order valence-corrected chi connectivity index (χ4v) is 4.85. The Hall–Kier alpha value is -5.23. The number of ether oxygens (including phenoxy) is 2. The van der Waals surface area contributed by atoms with Crippen LogP contribution in [0.15, 0.2) is 93.8 Å². The van der Waals surface area contributed by atoms with Crippen LogP contribution in [0.5, 0.6) is 5.75 Å². The highest BCUT2D eigenvalue weighted by Crippen LogP contribution is 2.28. The summed E-state index contributed by atoms with van der Waals surface area (Å²) in [4.78, 5) is 42.1. The van der Waals surface area contributed by atoms with E-state index in [1.54, 1.807) is 38.1 Å². The lowest BCUT2D eigenvalue weighted by atomic mass is 10.1. The summed E-state index contributed by atoms with van der Waals surface area (Å²) in [7, 11) is 0. The van der Waals surface area contributed by atoms with Gasteiger partial charge in [0.15, 0.2) is 5.76 Å². The van der Waals surface area contributed by atoms with Gasteiger partial charge in [0.05, 0.1) is 30.3 Å². The number of aryl methyl sites for hydroxylation is 1. The van der Waals surface area contributed by atoms with E-state index in [1.165, 1.54) is 29.1 Å². The summed E-state index contributed by atoms with van der Waals surface area (Å²) in [5.41, 5.74) is 1.11. The van der Waals surface area contributed by atoms with Crippen molar-refractivity contribution in [1.29, 1.82) is 5.41 Å². The Kier molecular flexibility index (Phi) is 8.91. The molecule has 0 radical (unpaired) electrons. The maximum absolute atomic E-state index is 13.5. The predicted molar refractivity (Wildman–Crippen MR) is 165 cm³/mol. The molecule has 44 heavy (non-hydrogen) atoms. The highest BCUT2D eigenvalue weighted by Gasteiger charge is 2.22. The number of benzene rings is 2. The van der Waals surface area contributed by atoms with Crippen LogP contribution in [0.3, 0.4) is 0 Å². The van der Waals surface area contributed by atoms with Gasteiger partial charge in [0.25, 0.3) is 11.5 Å². The standard InChI is InChI=1S/C32H33FN6O5/c1-20(2)38-19-26(31(41)39(32(38)42)24-7-4-22(33)5-8-24)30(40)36-23-6-9-28(21(3)16-23)44-29-17-25(18-35-27(29)10-11-34)37-12-14-43-15-13-37/h4-11,16-20,34-35H,12-15H2,1-3H3,(H,36,40)/b27-10-,34-11?. The molecule has 1 fully saturated rings. The Morgan fingerprint density at radius 2 is 1.86 bits per heavy atom. The summed E-state index contributed by atoms with van der Waals surface area (Å²) in [5, 5.41) is 13.5. The lowest BCUT2D eigenvalue weighted by Gasteiger charge is -2.32. The second-order valence-electron chi connectivity index (χ2n) is 10.5. The monoisotopic (exact) mass is 600 g/mol. The lowest BCUT2D eigenvalue weighted by Crippen LogP contribution is -2.42. The van der Waals surface area contributed by atoms with Crippen molar-refractivity contribution in [1.82, 2.24) is 19.4 Å². The van der Waals surface area contributed by atoms with Crippen LogP contribution in [0.2, 0.25) is 0 Å². The molecule has 11 nitrogen and oxygen atoms in total. The number of amides is 1. The Balaban J connectivity index is 1.41. The number of morpholine rings is 1. The minimum absolute atomic E-state index is 0.150. The number of hydrogen-bond donors (Lipinski definition) is 3. The van der Waals surface area contributed by atoms with Crippen molar-refractivity contribution in [2.45, 2.75) is 26.8 Å². The molecule has 3 heterocycles. The number of carbonyl (C=O) groups is 1. The quantitative estimate of drug-likeness (QED) is 0.335. The van der Waals surface area contributed by atoms with E-state index >= 15 is 0 Å². The topological polar surface area (TPSA) is 131 Å². The third kappa shape index (κ3) is 6.40. The van der Waals surface area contributed by atoms with Crippen LogP contribution in [-0.4, -0.2) is 52.5 Å². The van der Waals surface area contributed by atoms with Gasteiger partial charge in [0.1, 0.15) is 17.1 Å². The summed E-state index contributed by atoms with van der Waals surface area (Å²) in [6.07, 6.45) is 7.78. The van der Waals surface area contributed by atoms with Crippen LogP contribution in [0.25, 0.3) is 5.69 Å². The maximum Gasteiger partial charge on any atom is 0.335 e. The molecule has 1 saturated heterocycles. The number of hydrogen-bond acceptors (Lipinski definition) is 8. The molecule has 5 rings (SSSR count). The SMILES string of the molecule is Cc1cc(NC(=O)c2cn(C(C)C)c(=O)n(-c3ccc(F)cc3)c2=O)ccc1OC1=CC(N2CCOCC2)=CN/C1=C\C=N. The molecule has 0 aliphatic carbocycles. The molecule has 0 unspecified atom stereocenters. The first-order chi connectivity index (χ1) is 21.2. The molecular formula is C32H33FN6O5. The molecule has 0 saturated carbocycles. The molecule has 2 aliphatic rings. The minimum atomic E-state index is -0.820. The van der Waals surface area contributed by atoms with Gasteiger partial charge < -0.3 is 30.4 Å². The minimum Gasteiger partial charge on any atom is -0.455 e. The molecule has 228 valence electrons. The van der Waals surface area contributed by atoms with E-state index in [0.29, 0.717) is 41.7 Å². The molecule has 1 amide bonds. The molecular weight excluding hydrogens is 567 g/mol. The van der Waals surface area contributed by atoms with E-state index in [-0.39, 0.29) is 17.3 Å². The number of halogens is 1. The van der Waals surface area contributed by atoms with Crippen LogP contribution >= 0.6 is 0 Å². The average Bonchev–Trinajstić information content (AvgIpc) is 3.00. The smallest absolute Gasteiger partial charge is 0.335 e. The highest BCUT2D eigenvalue weighted by molar-refractivity contribution is 6.04. The Labute approximate surface area is 253 Å². The summed E-state index contributed by atoms with van der Waals surface area (Å²) in [6, 6.07) is 9.61. The van der Waals surface area contributed by atoms with Crippen LogP contribution in [0, 0.1) is 18.2 Å². The average molecular weight is 601 g/mol. The van der Waals surface area contributed by atoms with E-state index in [2.05, 4.69) is 15.5 Å². The molecule has 3 N–H and O–H groups in total. The van der Waals surface area contributed by atoms with Gasteiger partial charge in [-0.3, -0.25) is 14.2 Å². The van der Waals surface area contributed by atoms with Gasteiger partial charge in [-0.2, -0.15) is 0 Å². The summed E-state index contributed by atoms with van der Waals surface area (Å²) < 4.78 is 27.4. The number of rotatable bonds is 8. The molecule has 12 heteroatoms. The van der Waals surface area contributed by atoms with Gasteiger partial charge >= 0.3 is 5.69 Å². The third-order valence-corrected chi connectivity index (χ3v) is 7.20. The van der Waals surface area contributed by atoms with Crippen molar-refractivity contribution >= 4 is 17.8 Å². The zero-order valence-electron chi connectivity index (χ0n) is 24.6. The number of anilines is 1. The molecule has 3 aromatic rings. The van der Waals surface area contributed by atoms with Gasteiger partial charge in [-0.05, 0) is 74.9 Å². The van der Waals surface area contributed by atoms with Gasteiger partial charge in [-0.15, -0.1) is 0 Å². The van der Waals surface area contributed by atoms with Crippen molar-refractivity contribution < 1.29 is 18.7 Å². The lowest BCUT2D eigenvalue weighted by molar-refractivity contribution is 0.0549. The largest absolute Gasteiger partial charge is 0.455 e. The van der Waals surface area contributed by atoms with Gasteiger partial charge in [-0.25, -0.2) is 13.8 Å². The molecule has 0 spiro atoms. The van der Waals surface area contributed by atoms with Gasteiger partial charge in [0, 0.05) is 49.5 Å². The number of carbonyl (C=O) groups excluding carboxylic acids is 1. The molecule has 0 bridgehead atoms.